The van der Waals surface area contributed by atoms with Gasteiger partial charge in [-0.3, -0.25) is 0 Å². The summed E-state index contributed by atoms with van der Waals surface area (Å²) in [5, 5.41) is 0. The number of unbranched alkanes of at least 4 members (excludes halogenated alkanes) is 1. The Morgan fingerprint density at radius 3 is 2.27 bits per heavy atom. The van der Waals surface area contributed by atoms with E-state index >= 15 is 0 Å². The predicted molar refractivity (Wildman–Crippen MR) is 94.5 cm³/mol. The van der Waals surface area contributed by atoms with Crippen LogP contribution in [0.3, 0.4) is 0 Å². The van der Waals surface area contributed by atoms with E-state index in [1.807, 2.05) is 12.1 Å². The third-order valence-corrected chi connectivity index (χ3v) is 4.05. The Hall–Kier alpha value is -2.02. The van der Waals surface area contributed by atoms with E-state index in [9.17, 15) is 0 Å². The van der Waals surface area contributed by atoms with Crippen LogP contribution in [0.2, 0.25) is 0 Å². The molecule has 0 saturated heterocycles. The summed E-state index contributed by atoms with van der Waals surface area (Å²) >= 11 is 0. The van der Waals surface area contributed by atoms with Crippen LogP contribution < -0.4 is 4.74 Å². The van der Waals surface area contributed by atoms with Crippen molar-refractivity contribution in [2.75, 3.05) is 7.11 Å². The van der Waals surface area contributed by atoms with E-state index in [2.05, 4.69) is 68.5 Å². The van der Waals surface area contributed by atoms with E-state index in [1.54, 1.807) is 7.11 Å². The van der Waals surface area contributed by atoms with Gasteiger partial charge >= 0.3 is 0 Å². The molecular formula is C21H26O. The molecule has 22 heavy (non-hydrogen) atoms. The molecule has 116 valence electrons. The maximum absolute atomic E-state index is 5.22. The standard InChI is InChI=1S/C21H26O/c1-21(2,19-13-15-20(22-3)16-14-19)17-9-5-8-12-18-10-6-4-7-11-18/h4,6-7,9-11,13-17H,5,8,12H2,1-3H3/b17-9+. The van der Waals surface area contributed by atoms with E-state index in [0.717, 1.165) is 18.6 Å². The van der Waals surface area contributed by atoms with Crippen LogP contribution in [0, 0.1) is 0 Å². The largest absolute Gasteiger partial charge is 0.497 e. The molecule has 2 aromatic carbocycles. The second-order valence-corrected chi connectivity index (χ2v) is 6.23. The van der Waals surface area contributed by atoms with Gasteiger partial charge < -0.3 is 4.74 Å². The van der Waals surface area contributed by atoms with Crippen molar-refractivity contribution in [3.05, 3.63) is 77.9 Å². The average molecular weight is 294 g/mol. The summed E-state index contributed by atoms with van der Waals surface area (Å²) in [4.78, 5) is 0. The Balaban J connectivity index is 1.85. The van der Waals surface area contributed by atoms with Crippen LogP contribution in [0.15, 0.2) is 66.7 Å². The normalized spacial score (nSPS) is 11.8. The number of hydrogen-bond acceptors (Lipinski definition) is 1. The topological polar surface area (TPSA) is 9.23 Å². The van der Waals surface area contributed by atoms with Gasteiger partial charge in [0.25, 0.3) is 0 Å². The first kappa shape index (κ1) is 16.4. The fourth-order valence-corrected chi connectivity index (χ4v) is 2.56. The monoisotopic (exact) mass is 294 g/mol. The van der Waals surface area contributed by atoms with E-state index < -0.39 is 0 Å². The summed E-state index contributed by atoms with van der Waals surface area (Å²) in [6, 6.07) is 19.0. The molecule has 0 bridgehead atoms. The number of allylic oxidation sites excluding steroid dienone is 2. The van der Waals surface area contributed by atoms with Crippen molar-refractivity contribution in [2.24, 2.45) is 0 Å². The van der Waals surface area contributed by atoms with Gasteiger partial charge in [0.2, 0.25) is 0 Å². The van der Waals surface area contributed by atoms with Crippen molar-refractivity contribution < 1.29 is 4.74 Å². The van der Waals surface area contributed by atoms with Crippen molar-refractivity contribution in [3.63, 3.8) is 0 Å². The smallest absolute Gasteiger partial charge is 0.118 e. The highest BCUT2D eigenvalue weighted by atomic mass is 16.5. The Bertz CT molecular complexity index is 579. The molecule has 2 rings (SSSR count). The Kier molecular flexibility index (Phi) is 5.83. The molecule has 0 aliphatic rings. The first-order valence-corrected chi connectivity index (χ1v) is 7.98. The lowest BCUT2D eigenvalue weighted by Crippen LogP contribution is -2.13. The molecule has 1 heteroatoms. The molecule has 0 amide bonds. The van der Waals surface area contributed by atoms with Crippen LogP contribution in [0.4, 0.5) is 0 Å². The Labute approximate surface area is 134 Å². The molecule has 0 saturated carbocycles. The van der Waals surface area contributed by atoms with Gasteiger partial charge in [-0.2, -0.15) is 0 Å². The van der Waals surface area contributed by atoms with Crippen molar-refractivity contribution in [2.45, 2.75) is 38.5 Å². The lowest BCUT2D eigenvalue weighted by atomic mass is 9.84. The summed E-state index contributed by atoms with van der Waals surface area (Å²) in [6.07, 6.45) is 8.09. The van der Waals surface area contributed by atoms with Crippen LogP contribution in [0.1, 0.15) is 37.8 Å². The summed E-state index contributed by atoms with van der Waals surface area (Å²) in [5.74, 6) is 0.909. The maximum atomic E-state index is 5.22. The highest BCUT2D eigenvalue weighted by molar-refractivity contribution is 5.34. The number of ether oxygens (including phenoxy) is 1. The number of benzene rings is 2. The lowest BCUT2D eigenvalue weighted by molar-refractivity contribution is 0.414. The third kappa shape index (κ3) is 4.77. The molecule has 0 aliphatic heterocycles. The summed E-state index contributed by atoms with van der Waals surface area (Å²) in [7, 11) is 1.70. The van der Waals surface area contributed by atoms with Gasteiger partial charge in [0.05, 0.1) is 7.11 Å². The fourth-order valence-electron chi connectivity index (χ4n) is 2.56. The van der Waals surface area contributed by atoms with Crippen molar-refractivity contribution in [1.82, 2.24) is 0 Å². The zero-order valence-electron chi connectivity index (χ0n) is 13.9. The maximum Gasteiger partial charge on any atom is 0.118 e. The van der Waals surface area contributed by atoms with E-state index in [1.165, 1.54) is 17.5 Å². The first-order valence-electron chi connectivity index (χ1n) is 7.98. The molecule has 0 atom stereocenters. The quantitative estimate of drug-likeness (QED) is 0.480. The molecule has 2 aromatic rings. The van der Waals surface area contributed by atoms with Crippen molar-refractivity contribution >= 4 is 0 Å². The molecule has 1 nitrogen and oxygen atoms in total. The number of aryl methyl sites for hydroxylation is 1. The van der Waals surface area contributed by atoms with Gasteiger partial charge in [-0.15, -0.1) is 0 Å². The third-order valence-electron chi connectivity index (χ3n) is 4.05. The second-order valence-electron chi connectivity index (χ2n) is 6.23. The van der Waals surface area contributed by atoms with Crippen molar-refractivity contribution in [1.29, 1.82) is 0 Å². The molecule has 0 fully saturated rings. The number of hydrogen-bond donors (Lipinski definition) is 0. The molecule has 0 N–H and O–H groups in total. The predicted octanol–water partition coefficient (Wildman–Crippen LogP) is 5.55. The Morgan fingerprint density at radius 1 is 0.955 bits per heavy atom. The van der Waals surface area contributed by atoms with Gasteiger partial charge in [0, 0.05) is 5.41 Å². The van der Waals surface area contributed by atoms with Crippen LogP contribution in [-0.2, 0) is 11.8 Å². The van der Waals surface area contributed by atoms with Crippen LogP contribution in [-0.4, -0.2) is 7.11 Å². The summed E-state index contributed by atoms with van der Waals surface area (Å²) < 4.78 is 5.22. The highest BCUT2D eigenvalue weighted by Crippen LogP contribution is 2.26. The molecule has 0 spiro atoms. The van der Waals surface area contributed by atoms with Crippen molar-refractivity contribution in [3.8, 4) is 5.75 Å². The lowest BCUT2D eigenvalue weighted by Gasteiger charge is -2.21. The van der Waals surface area contributed by atoms with Crippen LogP contribution >= 0.6 is 0 Å². The minimum absolute atomic E-state index is 0.0546. The molecule has 0 unspecified atom stereocenters. The average Bonchev–Trinajstić information content (AvgIpc) is 2.55. The second kappa shape index (κ2) is 7.84. The van der Waals surface area contributed by atoms with Crippen LogP contribution in [0.5, 0.6) is 5.75 Å². The highest BCUT2D eigenvalue weighted by Gasteiger charge is 2.16. The van der Waals surface area contributed by atoms with Gasteiger partial charge in [-0.05, 0) is 42.5 Å². The van der Waals surface area contributed by atoms with Gasteiger partial charge in [0.1, 0.15) is 5.75 Å². The summed E-state index contributed by atoms with van der Waals surface area (Å²) in [6.45, 7) is 4.50. The van der Waals surface area contributed by atoms with E-state index in [4.69, 9.17) is 4.74 Å². The SMILES string of the molecule is COc1ccc(C(C)(C)/C=C/CCCc2ccccc2)cc1. The molecular weight excluding hydrogens is 268 g/mol. The molecule has 0 radical (unpaired) electrons. The fraction of sp³-hybridized carbons (Fsp3) is 0.333. The van der Waals surface area contributed by atoms with Crippen LogP contribution in [0.25, 0.3) is 0 Å². The zero-order chi connectivity index (χ0) is 15.8. The van der Waals surface area contributed by atoms with E-state index in [0.29, 0.717) is 0 Å². The Morgan fingerprint density at radius 2 is 1.64 bits per heavy atom. The molecule has 0 aromatic heterocycles. The molecule has 0 aliphatic carbocycles. The summed E-state index contributed by atoms with van der Waals surface area (Å²) in [5.41, 5.74) is 2.79. The van der Waals surface area contributed by atoms with E-state index in [-0.39, 0.29) is 5.41 Å². The van der Waals surface area contributed by atoms with Gasteiger partial charge in [-0.25, -0.2) is 0 Å². The number of rotatable bonds is 7. The molecule has 0 heterocycles. The zero-order valence-corrected chi connectivity index (χ0v) is 13.9. The minimum atomic E-state index is 0.0546. The van der Waals surface area contributed by atoms with Gasteiger partial charge in [-0.1, -0.05) is 68.5 Å². The minimum Gasteiger partial charge on any atom is -0.497 e. The first-order chi connectivity index (χ1) is 10.6. The number of methoxy groups -OCH3 is 1. The van der Waals surface area contributed by atoms with Gasteiger partial charge in [0.15, 0.2) is 0 Å².